The summed E-state index contributed by atoms with van der Waals surface area (Å²) in [6, 6.07) is 0. The molecular formula is C41H80NO9P. The predicted molar refractivity (Wildman–Crippen MR) is 214 cm³/mol. The van der Waals surface area contributed by atoms with Crippen molar-refractivity contribution in [1.82, 2.24) is 0 Å². The highest BCUT2D eigenvalue weighted by Gasteiger charge is 2.22. The molecule has 5 N–H and O–H groups in total. The summed E-state index contributed by atoms with van der Waals surface area (Å²) >= 11 is 0. The van der Waals surface area contributed by atoms with Gasteiger partial charge >= 0.3 is 19.8 Å². The number of aliphatic hydroxyl groups is 1. The monoisotopic (exact) mass is 762 g/mol. The lowest BCUT2D eigenvalue weighted by molar-refractivity contribution is -0.161. The first-order valence-corrected chi connectivity index (χ1v) is 22.4. The molecule has 0 radical (unpaired) electrons. The molecule has 52 heavy (non-hydrogen) atoms. The van der Waals surface area contributed by atoms with Gasteiger partial charge < -0.3 is 30.1 Å². The van der Waals surface area contributed by atoms with Gasteiger partial charge in [-0.3, -0.25) is 14.1 Å². The minimum atomic E-state index is -4.75. The lowest BCUT2D eigenvalue weighted by Gasteiger charge is -2.18. The quantitative estimate of drug-likeness (QED) is 0.0207. The smallest absolute Gasteiger partial charge is 0.462 e. The van der Waals surface area contributed by atoms with Crippen LogP contribution in [-0.4, -0.2) is 59.3 Å². The van der Waals surface area contributed by atoms with Crippen molar-refractivity contribution >= 4 is 19.8 Å². The molecular weight excluding hydrogens is 681 g/mol. The number of rotatable bonds is 37. The molecule has 0 spiro atoms. The maximum absolute atomic E-state index is 12.4. The first kappa shape index (κ1) is 52.6. The zero-order chi connectivity index (χ0) is 38.8. The number of unbranched alkanes of at least 4 members (excludes halogenated alkanes) is 22. The minimum Gasteiger partial charge on any atom is -0.462 e. The van der Waals surface area contributed by atoms with Gasteiger partial charge in [0, 0.05) is 19.4 Å². The number of esters is 2. The van der Waals surface area contributed by atoms with Gasteiger partial charge in [0.05, 0.1) is 13.2 Å². The number of nitrogens with two attached hydrogens (primary N) is 1. The Morgan fingerprint density at radius 3 is 1.29 bits per heavy atom. The zero-order valence-corrected chi connectivity index (χ0v) is 34.2. The molecule has 0 aromatic carbocycles. The fourth-order valence-corrected chi connectivity index (χ4v) is 5.84. The van der Waals surface area contributed by atoms with E-state index in [9.17, 15) is 14.2 Å². The fourth-order valence-electron chi connectivity index (χ4n) is 5.48. The van der Waals surface area contributed by atoms with E-state index in [0.717, 1.165) is 64.2 Å². The minimum absolute atomic E-state index is 0.0972. The summed E-state index contributed by atoms with van der Waals surface area (Å²) in [5.41, 5.74) is 4.78. The second-order valence-corrected chi connectivity index (χ2v) is 15.0. The van der Waals surface area contributed by atoms with Gasteiger partial charge in [-0.15, -0.1) is 0 Å². The summed E-state index contributed by atoms with van der Waals surface area (Å²) in [5, 5.41) is 7.75. The molecule has 0 saturated carbocycles. The van der Waals surface area contributed by atoms with E-state index in [2.05, 4.69) is 42.7 Å². The van der Waals surface area contributed by atoms with E-state index < -0.39 is 32.5 Å². The van der Waals surface area contributed by atoms with E-state index in [1.165, 1.54) is 89.9 Å². The SMILES string of the molecule is CCCCCCCC/C=C\CCCCCCCC(=O)OCC(COP(=O)(O)O)OC(=O)CCCCCCC/C=C\CCCCCCCC.NCCO. The third-order valence-corrected chi connectivity index (χ3v) is 9.06. The molecule has 0 saturated heterocycles. The molecule has 0 aliphatic carbocycles. The molecule has 11 heteroatoms. The van der Waals surface area contributed by atoms with Gasteiger partial charge in [-0.05, 0) is 64.2 Å². The Morgan fingerprint density at radius 1 is 0.577 bits per heavy atom. The first-order chi connectivity index (χ1) is 25.2. The number of phosphoric ester groups is 1. The van der Waals surface area contributed by atoms with Crippen LogP contribution in [0.4, 0.5) is 0 Å². The van der Waals surface area contributed by atoms with Crippen molar-refractivity contribution in [2.75, 3.05) is 26.4 Å². The summed E-state index contributed by atoms with van der Waals surface area (Å²) in [5.74, 6) is -0.901. The Bertz CT molecular complexity index is 876. The van der Waals surface area contributed by atoms with Gasteiger partial charge in [0.15, 0.2) is 6.10 Å². The van der Waals surface area contributed by atoms with Gasteiger partial charge in [0.2, 0.25) is 0 Å². The topological polar surface area (TPSA) is 166 Å². The Balaban J connectivity index is 0. The van der Waals surface area contributed by atoms with E-state index in [4.69, 9.17) is 30.1 Å². The van der Waals surface area contributed by atoms with Crippen LogP contribution in [0, 0.1) is 0 Å². The molecule has 0 rings (SSSR count). The van der Waals surface area contributed by atoms with Crippen molar-refractivity contribution < 1.29 is 43.0 Å². The van der Waals surface area contributed by atoms with Gasteiger partial charge in [-0.25, -0.2) is 4.57 Å². The second kappa shape index (κ2) is 42.2. The normalized spacial score (nSPS) is 12.3. The molecule has 0 aliphatic heterocycles. The van der Waals surface area contributed by atoms with Crippen molar-refractivity contribution in [3.63, 3.8) is 0 Å². The standard InChI is InChI=1S/C39H73O8P.C2H7NO/c1-3-5-7-9-11-13-15-17-19-21-23-25-27-29-31-33-38(40)45-35-37(36-46-48(42,43)44)47-39(41)34-32-30-28-26-24-22-20-18-16-14-12-10-8-6-4-2;3-1-2-4/h17-20,37H,3-16,21-36H2,1-2H3,(H2,42,43,44);4H,1-3H2/b19-17-,20-18-;. The fraction of sp³-hybridized carbons (Fsp3) is 0.854. The van der Waals surface area contributed by atoms with Crippen LogP contribution in [0.3, 0.4) is 0 Å². The summed E-state index contributed by atoms with van der Waals surface area (Å²) in [4.78, 5) is 42.7. The summed E-state index contributed by atoms with van der Waals surface area (Å²) in [7, 11) is -4.75. The molecule has 1 atom stereocenters. The highest BCUT2D eigenvalue weighted by atomic mass is 31.2. The van der Waals surface area contributed by atoms with Crippen molar-refractivity contribution in [1.29, 1.82) is 0 Å². The van der Waals surface area contributed by atoms with Gasteiger partial charge in [0.1, 0.15) is 6.61 Å². The summed E-state index contributed by atoms with van der Waals surface area (Å²) in [6.07, 6.45) is 38.9. The van der Waals surface area contributed by atoms with Crippen molar-refractivity contribution in [3.8, 4) is 0 Å². The van der Waals surface area contributed by atoms with Gasteiger partial charge in [-0.2, -0.15) is 0 Å². The lowest BCUT2D eigenvalue weighted by Crippen LogP contribution is -2.29. The Morgan fingerprint density at radius 2 is 0.923 bits per heavy atom. The van der Waals surface area contributed by atoms with E-state index in [1.807, 2.05) is 0 Å². The molecule has 0 amide bonds. The first-order valence-electron chi connectivity index (χ1n) is 20.9. The molecule has 0 bridgehead atoms. The van der Waals surface area contributed by atoms with Gasteiger partial charge in [0.25, 0.3) is 0 Å². The average molecular weight is 762 g/mol. The Kier molecular flexibility index (Phi) is 42.6. The van der Waals surface area contributed by atoms with Crippen LogP contribution in [0.2, 0.25) is 0 Å². The van der Waals surface area contributed by atoms with Crippen LogP contribution in [0.5, 0.6) is 0 Å². The molecule has 10 nitrogen and oxygen atoms in total. The molecule has 308 valence electrons. The molecule has 1 unspecified atom stereocenters. The summed E-state index contributed by atoms with van der Waals surface area (Å²) in [6.45, 7) is 4.13. The van der Waals surface area contributed by atoms with Crippen LogP contribution < -0.4 is 5.73 Å². The van der Waals surface area contributed by atoms with E-state index in [1.54, 1.807) is 0 Å². The van der Waals surface area contributed by atoms with E-state index >= 15 is 0 Å². The van der Waals surface area contributed by atoms with Crippen molar-refractivity contribution in [2.45, 2.75) is 200 Å². The molecule has 0 fully saturated rings. The number of hydrogen-bond donors (Lipinski definition) is 4. The number of allylic oxidation sites excluding steroid dienone is 4. The van der Waals surface area contributed by atoms with Crippen LogP contribution >= 0.6 is 7.82 Å². The van der Waals surface area contributed by atoms with Crippen LogP contribution in [-0.2, 0) is 28.2 Å². The number of phosphoric acid groups is 1. The van der Waals surface area contributed by atoms with Crippen LogP contribution in [0.1, 0.15) is 194 Å². The zero-order valence-electron chi connectivity index (χ0n) is 33.3. The second-order valence-electron chi connectivity index (χ2n) is 13.8. The highest BCUT2D eigenvalue weighted by molar-refractivity contribution is 7.46. The Labute approximate surface area is 318 Å². The third-order valence-electron chi connectivity index (χ3n) is 8.57. The Hall–Kier alpha value is -1.55. The van der Waals surface area contributed by atoms with Crippen molar-refractivity contribution in [3.05, 3.63) is 24.3 Å². The number of carbonyl (C=O) groups is 2. The lowest BCUT2D eigenvalue weighted by atomic mass is 10.1. The molecule has 0 aliphatic rings. The van der Waals surface area contributed by atoms with E-state index in [-0.39, 0.29) is 26.1 Å². The third kappa shape index (κ3) is 46.5. The number of carbonyl (C=O) groups excluding carboxylic acids is 2. The predicted octanol–water partition coefficient (Wildman–Crippen LogP) is 10.6. The maximum Gasteiger partial charge on any atom is 0.469 e. The van der Waals surface area contributed by atoms with E-state index in [0.29, 0.717) is 19.4 Å². The average Bonchev–Trinajstić information content (AvgIpc) is 3.12. The van der Waals surface area contributed by atoms with Crippen LogP contribution in [0.25, 0.3) is 0 Å². The number of hydrogen-bond acceptors (Lipinski definition) is 8. The molecule has 0 aromatic heterocycles. The maximum atomic E-state index is 12.4. The van der Waals surface area contributed by atoms with Crippen LogP contribution in [0.15, 0.2) is 24.3 Å². The van der Waals surface area contributed by atoms with Crippen molar-refractivity contribution in [2.24, 2.45) is 5.73 Å². The largest absolute Gasteiger partial charge is 0.469 e. The molecule has 0 aromatic rings. The highest BCUT2D eigenvalue weighted by Crippen LogP contribution is 2.36. The van der Waals surface area contributed by atoms with Gasteiger partial charge in [-0.1, -0.05) is 141 Å². The molecule has 0 heterocycles. The number of ether oxygens (including phenoxy) is 2. The summed E-state index contributed by atoms with van der Waals surface area (Å²) < 4.78 is 26.3. The number of aliphatic hydroxyl groups excluding tert-OH is 1.